The molecule has 0 radical (unpaired) electrons. The lowest BCUT2D eigenvalue weighted by atomic mass is 10.0. The summed E-state index contributed by atoms with van der Waals surface area (Å²) in [6.45, 7) is 6.41. The van der Waals surface area contributed by atoms with Crippen LogP contribution in [0.3, 0.4) is 0 Å². The predicted octanol–water partition coefficient (Wildman–Crippen LogP) is 1.91. The highest BCUT2D eigenvalue weighted by Gasteiger charge is 2.29. The van der Waals surface area contributed by atoms with Crippen LogP contribution in [0.2, 0.25) is 0 Å². The van der Waals surface area contributed by atoms with Gasteiger partial charge < -0.3 is 5.73 Å². The summed E-state index contributed by atoms with van der Waals surface area (Å²) in [7, 11) is -3.54. The van der Waals surface area contributed by atoms with E-state index in [4.69, 9.17) is 5.73 Å². The first-order valence-corrected chi connectivity index (χ1v) is 8.94. The third-order valence-electron chi connectivity index (χ3n) is 4.26. The van der Waals surface area contributed by atoms with E-state index >= 15 is 0 Å². The van der Waals surface area contributed by atoms with Gasteiger partial charge in [-0.05, 0) is 56.9 Å². The number of piperidine rings is 1. The molecule has 2 atom stereocenters. The molecule has 118 valence electrons. The van der Waals surface area contributed by atoms with Crippen LogP contribution in [0.4, 0.5) is 0 Å². The molecule has 1 heterocycles. The third-order valence-corrected chi connectivity index (χ3v) is 5.59. The second-order valence-corrected chi connectivity index (χ2v) is 7.58. The number of hydrazine groups is 1. The van der Waals surface area contributed by atoms with E-state index in [1.54, 1.807) is 18.2 Å². The Morgan fingerprint density at radius 3 is 2.43 bits per heavy atom. The quantitative estimate of drug-likeness (QED) is 0.890. The highest BCUT2D eigenvalue weighted by atomic mass is 32.2. The molecule has 3 N–H and O–H groups in total. The van der Waals surface area contributed by atoms with Gasteiger partial charge in [0.05, 0.1) is 4.90 Å². The number of nitrogens with one attached hydrogen (secondary N) is 1. The molecule has 1 aromatic rings. The summed E-state index contributed by atoms with van der Waals surface area (Å²) in [4.78, 5) is 3.04. The Labute approximate surface area is 127 Å². The molecule has 1 aromatic carbocycles. The topological polar surface area (TPSA) is 75.4 Å². The normalized spacial score (nSPS) is 24.2. The summed E-state index contributed by atoms with van der Waals surface area (Å²) < 4.78 is 25.1. The van der Waals surface area contributed by atoms with Crippen molar-refractivity contribution in [3.8, 4) is 0 Å². The van der Waals surface area contributed by atoms with E-state index in [2.05, 4.69) is 18.7 Å². The van der Waals surface area contributed by atoms with E-state index in [1.165, 1.54) is 0 Å². The molecule has 1 aliphatic rings. The fourth-order valence-corrected chi connectivity index (χ4v) is 4.18. The van der Waals surface area contributed by atoms with E-state index in [0.29, 0.717) is 11.4 Å². The van der Waals surface area contributed by atoms with Crippen LogP contribution in [0.1, 0.15) is 44.2 Å². The molecular formula is C15H25N3O2S. The van der Waals surface area contributed by atoms with Crippen molar-refractivity contribution in [1.29, 1.82) is 0 Å². The summed E-state index contributed by atoms with van der Waals surface area (Å²) in [5.74, 6) is 0. The van der Waals surface area contributed by atoms with Gasteiger partial charge in [-0.3, -0.25) is 0 Å². The Kier molecular flexibility index (Phi) is 5.03. The Morgan fingerprint density at radius 2 is 1.90 bits per heavy atom. The molecule has 0 amide bonds. The average molecular weight is 311 g/mol. The Hall–Kier alpha value is -0.950. The molecule has 1 saturated heterocycles. The molecule has 0 saturated carbocycles. The van der Waals surface area contributed by atoms with E-state index < -0.39 is 10.0 Å². The fraction of sp³-hybridized carbons (Fsp3) is 0.600. The molecule has 2 rings (SSSR count). The molecule has 21 heavy (non-hydrogen) atoms. The average Bonchev–Trinajstić information content (AvgIpc) is 2.43. The first kappa shape index (κ1) is 16.4. The molecule has 0 bridgehead atoms. The van der Waals surface area contributed by atoms with Crippen molar-refractivity contribution in [1.82, 2.24) is 9.84 Å². The van der Waals surface area contributed by atoms with Gasteiger partial charge in [0.15, 0.2) is 0 Å². The molecule has 6 heteroatoms. The van der Waals surface area contributed by atoms with Gasteiger partial charge in [0.25, 0.3) is 10.0 Å². The zero-order valence-electron chi connectivity index (χ0n) is 13.0. The molecule has 0 aliphatic carbocycles. The van der Waals surface area contributed by atoms with Crippen molar-refractivity contribution in [3.63, 3.8) is 0 Å². The SMILES string of the molecule is Cc1cc(S(=O)(=O)NN2C(C)CCCC2C)ccc1CN. The monoisotopic (exact) mass is 311 g/mol. The molecule has 1 fully saturated rings. The van der Waals surface area contributed by atoms with Crippen LogP contribution < -0.4 is 10.6 Å². The first-order valence-electron chi connectivity index (χ1n) is 7.45. The van der Waals surface area contributed by atoms with Gasteiger partial charge >= 0.3 is 0 Å². The minimum Gasteiger partial charge on any atom is -0.326 e. The lowest BCUT2D eigenvalue weighted by Crippen LogP contribution is -2.53. The molecule has 2 unspecified atom stereocenters. The third kappa shape index (κ3) is 3.63. The number of nitrogens with zero attached hydrogens (tertiary/aromatic N) is 1. The van der Waals surface area contributed by atoms with Crippen LogP contribution >= 0.6 is 0 Å². The van der Waals surface area contributed by atoms with Crippen LogP contribution in [0.15, 0.2) is 23.1 Å². The maximum Gasteiger partial charge on any atom is 0.253 e. The zero-order valence-corrected chi connectivity index (χ0v) is 13.8. The van der Waals surface area contributed by atoms with Gasteiger partial charge in [-0.1, -0.05) is 12.5 Å². The number of sulfonamides is 1. The largest absolute Gasteiger partial charge is 0.326 e. The molecule has 0 spiro atoms. The second kappa shape index (κ2) is 6.44. The molecule has 0 aromatic heterocycles. The summed E-state index contributed by atoms with van der Waals surface area (Å²) in [6, 6.07) is 5.52. The lowest BCUT2D eigenvalue weighted by Gasteiger charge is -2.38. The summed E-state index contributed by atoms with van der Waals surface area (Å²) in [5.41, 5.74) is 7.49. The summed E-state index contributed by atoms with van der Waals surface area (Å²) in [6.07, 6.45) is 3.17. The molecular weight excluding hydrogens is 286 g/mol. The summed E-state index contributed by atoms with van der Waals surface area (Å²) >= 11 is 0. The van der Waals surface area contributed by atoms with Crippen molar-refractivity contribution in [2.45, 2.75) is 63.6 Å². The van der Waals surface area contributed by atoms with Gasteiger partial charge in [-0.25, -0.2) is 13.4 Å². The number of aryl methyl sites for hydroxylation is 1. The number of nitrogens with two attached hydrogens (primary N) is 1. The standard InChI is InChI=1S/C15H25N3O2S/c1-11-9-15(8-7-14(11)10-16)21(19,20)17-18-12(2)5-4-6-13(18)3/h7-9,12-13,17H,4-6,10,16H2,1-3H3. The Bertz CT molecular complexity index is 591. The van der Waals surface area contributed by atoms with Crippen molar-refractivity contribution in [2.24, 2.45) is 5.73 Å². The van der Waals surface area contributed by atoms with Gasteiger partial charge in [-0.2, -0.15) is 0 Å². The molecule has 1 aliphatic heterocycles. The van der Waals surface area contributed by atoms with E-state index in [9.17, 15) is 8.42 Å². The van der Waals surface area contributed by atoms with E-state index in [-0.39, 0.29) is 12.1 Å². The number of hydrogen-bond donors (Lipinski definition) is 2. The summed E-state index contributed by atoms with van der Waals surface area (Å²) in [5, 5.41) is 1.87. The van der Waals surface area contributed by atoms with Crippen molar-refractivity contribution in [2.75, 3.05) is 0 Å². The minimum atomic E-state index is -3.54. The Balaban J connectivity index is 2.23. The highest BCUT2D eigenvalue weighted by Crippen LogP contribution is 2.22. The lowest BCUT2D eigenvalue weighted by molar-refractivity contribution is 0.0790. The smallest absolute Gasteiger partial charge is 0.253 e. The van der Waals surface area contributed by atoms with Crippen LogP contribution in [-0.2, 0) is 16.6 Å². The van der Waals surface area contributed by atoms with Gasteiger partial charge in [0.2, 0.25) is 0 Å². The van der Waals surface area contributed by atoms with Crippen LogP contribution in [0.5, 0.6) is 0 Å². The fourth-order valence-electron chi connectivity index (χ4n) is 2.86. The van der Waals surface area contributed by atoms with Gasteiger partial charge in [-0.15, -0.1) is 4.83 Å². The van der Waals surface area contributed by atoms with Gasteiger partial charge in [0.1, 0.15) is 0 Å². The first-order chi connectivity index (χ1) is 9.85. The predicted molar refractivity (Wildman–Crippen MR) is 84.0 cm³/mol. The highest BCUT2D eigenvalue weighted by molar-refractivity contribution is 7.89. The Morgan fingerprint density at radius 1 is 1.29 bits per heavy atom. The maximum atomic E-state index is 12.6. The number of rotatable bonds is 4. The van der Waals surface area contributed by atoms with Crippen LogP contribution in [0, 0.1) is 6.92 Å². The van der Waals surface area contributed by atoms with Crippen LogP contribution in [-0.4, -0.2) is 25.5 Å². The van der Waals surface area contributed by atoms with E-state index in [0.717, 1.165) is 30.4 Å². The molecule has 5 nitrogen and oxygen atoms in total. The zero-order chi connectivity index (χ0) is 15.6. The van der Waals surface area contributed by atoms with Crippen molar-refractivity contribution in [3.05, 3.63) is 29.3 Å². The van der Waals surface area contributed by atoms with Crippen LogP contribution in [0.25, 0.3) is 0 Å². The van der Waals surface area contributed by atoms with Crippen molar-refractivity contribution >= 4 is 10.0 Å². The van der Waals surface area contributed by atoms with Gasteiger partial charge in [0, 0.05) is 18.6 Å². The van der Waals surface area contributed by atoms with E-state index in [1.807, 2.05) is 11.9 Å². The maximum absolute atomic E-state index is 12.6. The second-order valence-electron chi connectivity index (χ2n) is 5.92. The van der Waals surface area contributed by atoms with Crippen molar-refractivity contribution < 1.29 is 8.42 Å². The number of hydrogen-bond acceptors (Lipinski definition) is 4. The number of benzene rings is 1. The minimum absolute atomic E-state index is 0.216.